The lowest BCUT2D eigenvalue weighted by molar-refractivity contribution is 0.0590. The van der Waals surface area contributed by atoms with Crippen molar-refractivity contribution >= 4 is 16.7 Å². The molecule has 0 bridgehead atoms. The van der Waals surface area contributed by atoms with E-state index in [1.807, 2.05) is 11.9 Å². The molecule has 5 nitrogen and oxygen atoms in total. The largest absolute Gasteiger partial charge is 0.395 e. The zero-order valence-electron chi connectivity index (χ0n) is 13.2. The molecule has 122 valence electrons. The van der Waals surface area contributed by atoms with Crippen LogP contribution in [-0.4, -0.2) is 70.6 Å². The SMILES string of the molecule is CN(CCO)C1CCCN(C(=O)c2ccc(S(C)=O)cc2)C1. The highest BCUT2D eigenvalue weighted by molar-refractivity contribution is 7.84. The summed E-state index contributed by atoms with van der Waals surface area (Å²) < 4.78 is 11.4. The number of amides is 1. The van der Waals surface area contributed by atoms with Gasteiger partial charge in [0.25, 0.3) is 5.91 Å². The molecule has 0 spiro atoms. The summed E-state index contributed by atoms with van der Waals surface area (Å²) in [5.74, 6) is 0.0236. The zero-order chi connectivity index (χ0) is 16.1. The van der Waals surface area contributed by atoms with Crippen molar-refractivity contribution in [2.24, 2.45) is 0 Å². The van der Waals surface area contributed by atoms with Gasteiger partial charge in [-0.2, -0.15) is 0 Å². The van der Waals surface area contributed by atoms with E-state index >= 15 is 0 Å². The Bertz CT molecular complexity index is 533. The van der Waals surface area contributed by atoms with Gasteiger partial charge in [0.2, 0.25) is 0 Å². The minimum absolute atomic E-state index is 0.0236. The van der Waals surface area contributed by atoms with Crippen molar-refractivity contribution < 1.29 is 14.1 Å². The third kappa shape index (κ3) is 4.15. The van der Waals surface area contributed by atoms with Gasteiger partial charge in [-0.15, -0.1) is 0 Å². The van der Waals surface area contributed by atoms with Crippen LogP contribution in [-0.2, 0) is 10.8 Å². The van der Waals surface area contributed by atoms with Gasteiger partial charge in [0.1, 0.15) is 0 Å². The number of carbonyl (C=O) groups excluding carboxylic acids is 1. The van der Waals surface area contributed by atoms with Gasteiger partial charge in [-0.3, -0.25) is 13.9 Å². The van der Waals surface area contributed by atoms with Crippen LogP contribution in [0.4, 0.5) is 0 Å². The van der Waals surface area contributed by atoms with E-state index < -0.39 is 10.8 Å². The Balaban J connectivity index is 2.03. The van der Waals surface area contributed by atoms with Gasteiger partial charge in [-0.05, 0) is 44.2 Å². The van der Waals surface area contributed by atoms with Gasteiger partial charge in [0, 0.05) is 53.2 Å². The summed E-state index contributed by atoms with van der Waals surface area (Å²) in [6.07, 6.45) is 3.65. The fourth-order valence-corrected chi connectivity index (χ4v) is 3.33. The predicted molar refractivity (Wildman–Crippen MR) is 87.4 cm³/mol. The minimum atomic E-state index is -1.02. The second-order valence-electron chi connectivity index (χ2n) is 5.73. The van der Waals surface area contributed by atoms with Crippen LogP contribution in [0, 0.1) is 0 Å². The molecular formula is C16H24N2O3S. The average Bonchev–Trinajstić information content (AvgIpc) is 2.54. The van der Waals surface area contributed by atoms with E-state index in [-0.39, 0.29) is 12.5 Å². The van der Waals surface area contributed by atoms with Gasteiger partial charge in [0.15, 0.2) is 0 Å². The predicted octanol–water partition coefficient (Wildman–Crippen LogP) is 0.953. The maximum Gasteiger partial charge on any atom is 0.253 e. The third-order valence-electron chi connectivity index (χ3n) is 4.19. The summed E-state index contributed by atoms with van der Waals surface area (Å²) in [5.41, 5.74) is 0.639. The molecule has 0 saturated carbocycles. The molecule has 1 fully saturated rings. The normalized spacial score (nSPS) is 20.2. The summed E-state index contributed by atoms with van der Waals surface area (Å²) in [5, 5.41) is 9.04. The Morgan fingerprint density at radius 3 is 2.68 bits per heavy atom. The molecule has 0 aromatic heterocycles. The van der Waals surface area contributed by atoms with Crippen molar-refractivity contribution in [2.45, 2.75) is 23.8 Å². The number of aliphatic hydroxyl groups is 1. The van der Waals surface area contributed by atoms with Crippen LogP contribution < -0.4 is 0 Å². The number of carbonyl (C=O) groups is 1. The molecule has 0 aliphatic carbocycles. The van der Waals surface area contributed by atoms with Crippen molar-refractivity contribution in [1.29, 1.82) is 0 Å². The minimum Gasteiger partial charge on any atom is -0.395 e. The monoisotopic (exact) mass is 324 g/mol. The molecule has 1 saturated heterocycles. The molecule has 2 unspecified atom stereocenters. The van der Waals surface area contributed by atoms with E-state index in [0.717, 1.165) is 24.3 Å². The topological polar surface area (TPSA) is 60.9 Å². The highest BCUT2D eigenvalue weighted by Crippen LogP contribution is 2.18. The Morgan fingerprint density at radius 1 is 1.41 bits per heavy atom. The first-order chi connectivity index (χ1) is 10.5. The first-order valence-electron chi connectivity index (χ1n) is 7.56. The van der Waals surface area contributed by atoms with Gasteiger partial charge in [0.05, 0.1) is 6.61 Å². The van der Waals surface area contributed by atoms with E-state index in [4.69, 9.17) is 5.11 Å². The lowest BCUT2D eigenvalue weighted by Crippen LogP contribution is -2.49. The Labute approximate surface area is 134 Å². The zero-order valence-corrected chi connectivity index (χ0v) is 14.0. The van der Waals surface area contributed by atoms with Gasteiger partial charge in [-0.1, -0.05) is 0 Å². The second-order valence-corrected chi connectivity index (χ2v) is 7.11. The van der Waals surface area contributed by atoms with Crippen LogP contribution in [0.5, 0.6) is 0 Å². The maximum atomic E-state index is 12.6. The van der Waals surface area contributed by atoms with Crippen LogP contribution in [0.3, 0.4) is 0 Å². The number of aliphatic hydroxyl groups excluding tert-OH is 1. The number of benzene rings is 1. The number of likely N-dealkylation sites (N-methyl/N-ethyl adjacent to an activating group) is 1. The summed E-state index contributed by atoms with van der Waals surface area (Å²) in [7, 11) is 0.962. The van der Waals surface area contributed by atoms with Crippen molar-refractivity contribution in [2.75, 3.05) is 39.5 Å². The Morgan fingerprint density at radius 2 is 2.09 bits per heavy atom. The standard InChI is InChI=1S/C16H24N2O3S/c1-17(10-11-19)14-4-3-9-18(12-14)16(20)13-5-7-15(8-6-13)22(2)21/h5-8,14,19H,3-4,9-12H2,1-2H3. The lowest BCUT2D eigenvalue weighted by atomic mass is 10.0. The molecule has 1 aliphatic rings. The van der Waals surface area contributed by atoms with Gasteiger partial charge in [-0.25, -0.2) is 0 Å². The Hall–Kier alpha value is -1.24. The number of hydrogen-bond donors (Lipinski definition) is 1. The van der Waals surface area contributed by atoms with Crippen LogP contribution in [0.1, 0.15) is 23.2 Å². The summed E-state index contributed by atoms with van der Waals surface area (Å²) >= 11 is 0. The van der Waals surface area contributed by atoms with Crippen molar-refractivity contribution in [3.8, 4) is 0 Å². The first kappa shape index (κ1) is 17.1. The molecule has 1 heterocycles. The molecule has 1 N–H and O–H groups in total. The number of piperidine rings is 1. The van der Waals surface area contributed by atoms with Crippen molar-refractivity contribution in [1.82, 2.24) is 9.80 Å². The van der Waals surface area contributed by atoms with Crippen LogP contribution >= 0.6 is 0 Å². The number of likely N-dealkylation sites (tertiary alicyclic amines) is 1. The van der Waals surface area contributed by atoms with E-state index in [2.05, 4.69) is 4.90 Å². The van der Waals surface area contributed by atoms with E-state index in [9.17, 15) is 9.00 Å². The summed E-state index contributed by atoms with van der Waals surface area (Å²) in [6.45, 7) is 2.22. The van der Waals surface area contributed by atoms with Gasteiger partial charge < -0.3 is 10.0 Å². The molecule has 1 aromatic carbocycles. The van der Waals surface area contributed by atoms with E-state index in [0.29, 0.717) is 24.7 Å². The molecular weight excluding hydrogens is 300 g/mol. The van der Waals surface area contributed by atoms with E-state index in [1.54, 1.807) is 30.5 Å². The number of nitrogens with zero attached hydrogens (tertiary/aromatic N) is 2. The lowest BCUT2D eigenvalue weighted by Gasteiger charge is -2.37. The molecule has 22 heavy (non-hydrogen) atoms. The average molecular weight is 324 g/mol. The summed E-state index contributed by atoms with van der Waals surface area (Å²) in [4.78, 5) is 17.3. The second kappa shape index (κ2) is 7.85. The quantitative estimate of drug-likeness (QED) is 0.876. The molecule has 2 rings (SSSR count). The number of rotatable bonds is 5. The molecule has 6 heteroatoms. The maximum absolute atomic E-state index is 12.6. The number of hydrogen-bond acceptors (Lipinski definition) is 4. The molecule has 1 amide bonds. The summed E-state index contributed by atoms with van der Waals surface area (Å²) in [6, 6.07) is 7.30. The van der Waals surface area contributed by atoms with Crippen LogP contribution in [0.15, 0.2) is 29.2 Å². The Kier molecular flexibility index (Phi) is 6.11. The van der Waals surface area contributed by atoms with Crippen molar-refractivity contribution in [3.05, 3.63) is 29.8 Å². The van der Waals surface area contributed by atoms with Crippen LogP contribution in [0.25, 0.3) is 0 Å². The molecule has 1 aliphatic heterocycles. The van der Waals surface area contributed by atoms with Crippen molar-refractivity contribution in [3.63, 3.8) is 0 Å². The highest BCUT2D eigenvalue weighted by atomic mass is 32.2. The first-order valence-corrected chi connectivity index (χ1v) is 9.12. The third-order valence-corrected chi connectivity index (χ3v) is 5.13. The van der Waals surface area contributed by atoms with Gasteiger partial charge >= 0.3 is 0 Å². The smallest absolute Gasteiger partial charge is 0.253 e. The fraction of sp³-hybridized carbons (Fsp3) is 0.562. The highest BCUT2D eigenvalue weighted by Gasteiger charge is 2.26. The molecule has 1 aromatic rings. The van der Waals surface area contributed by atoms with Crippen LogP contribution in [0.2, 0.25) is 0 Å². The van der Waals surface area contributed by atoms with E-state index in [1.165, 1.54) is 0 Å². The molecule has 0 radical (unpaired) electrons. The molecule has 2 atom stereocenters. The fourth-order valence-electron chi connectivity index (χ4n) is 2.81.